The molecule has 1 rings (SSSR count). The average Bonchev–Trinajstić information content (AvgIpc) is 2.37. The van der Waals surface area contributed by atoms with Gasteiger partial charge in [-0.15, -0.1) is 0 Å². The third kappa shape index (κ3) is 5.02. The highest BCUT2D eigenvalue weighted by Crippen LogP contribution is 2.19. The van der Waals surface area contributed by atoms with Gasteiger partial charge < -0.3 is 5.32 Å². The predicted octanol–water partition coefficient (Wildman–Crippen LogP) is 1.19. The fourth-order valence-corrected chi connectivity index (χ4v) is 3.87. The molecule has 0 bridgehead atoms. The van der Waals surface area contributed by atoms with Crippen molar-refractivity contribution in [2.24, 2.45) is 11.8 Å². The first-order valence-electron chi connectivity index (χ1n) is 7.29. The van der Waals surface area contributed by atoms with E-state index in [-0.39, 0.29) is 6.04 Å². The Labute approximate surface area is 118 Å². The Morgan fingerprint density at radius 1 is 1.26 bits per heavy atom. The molecule has 0 aromatic rings. The summed E-state index contributed by atoms with van der Waals surface area (Å²) < 4.78 is 29.2. The van der Waals surface area contributed by atoms with Gasteiger partial charge in [0.2, 0.25) is 0 Å². The largest absolute Gasteiger partial charge is 0.318 e. The lowest BCUT2D eigenvalue weighted by molar-refractivity contribution is 0.245. The van der Waals surface area contributed by atoms with Crippen LogP contribution in [0.25, 0.3) is 0 Å². The molecule has 0 spiro atoms. The van der Waals surface area contributed by atoms with Crippen LogP contribution in [0.3, 0.4) is 0 Å². The van der Waals surface area contributed by atoms with Crippen molar-refractivity contribution < 1.29 is 8.42 Å². The van der Waals surface area contributed by atoms with E-state index in [4.69, 9.17) is 0 Å². The molecule has 0 aromatic heterocycles. The number of hydrogen-bond donors (Lipinski definition) is 2. The van der Waals surface area contributed by atoms with Crippen LogP contribution in [0.15, 0.2) is 0 Å². The fraction of sp³-hybridized carbons (Fsp3) is 1.00. The lowest BCUT2D eigenvalue weighted by Gasteiger charge is -2.34. The molecular formula is C13H29N3O2S. The second-order valence-corrected chi connectivity index (χ2v) is 7.60. The maximum atomic E-state index is 12.4. The first-order valence-corrected chi connectivity index (χ1v) is 8.73. The molecule has 1 saturated heterocycles. The van der Waals surface area contributed by atoms with E-state index < -0.39 is 10.2 Å². The van der Waals surface area contributed by atoms with Crippen molar-refractivity contribution in [3.63, 3.8) is 0 Å². The summed E-state index contributed by atoms with van der Waals surface area (Å²) in [5.41, 5.74) is 0. The molecule has 114 valence electrons. The number of nitrogens with zero attached hydrogens (tertiary/aromatic N) is 1. The van der Waals surface area contributed by atoms with Crippen molar-refractivity contribution in [3.05, 3.63) is 0 Å². The molecule has 2 atom stereocenters. The first-order chi connectivity index (χ1) is 8.88. The summed E-state index contributed by atoms with van der Waals surface area (Å²) in [5.74, 6) is 0.833. The number of piperidine rings is 1. The molecule has 1 aliphatic heterocycles. The highest BCUT2D eigenvalue weighted by molar-refractivity contribution is 7.87. The maximum absolute atomic E-state index is 12.4. The zero-order valence-electron chi connectivity index (χ0n) is 12.6. The van der Waals surface area contributed by atoms with E-state index in [0.29, 0.717) is 24.9 Å². The predicted molar refractivity (Wildman–Crippen MR) is 79.2 cm³/mol. The summed E-state index contributed by atoms with van der Waals surface area (Å²) in [6.07, 6.45) is 3.02. The molecule has 5 nitrogen and oxygen atoms in total. The van der Waals surface area contributed by atoms with E-state index >= 15 is 0 Å². The molecule has 1 fully saturated rings. The van der Waals surface area contributed by atoms with Crippen LogP contribution in [0.5, 0.6) is 0 Å². The molecule has 0 aliphatic carbocycles. The molecule has 1 aliphatic rings. The summed E-state index contributed by atoms with van der Waals surface area (Å²) in [7, 11) is -1.47. The van der Waals surface area contributed by atoms with Crippen LogP contribution in [-0.2, 0) is 10.2 Å². The molecule has 2 unspecified atom stereocenters. The van der Waals surface area contributed by atoms with Crippen LogP contribution in [0, 0.1) is 11.8 Å². The Morgan fingerprint density at radius 3 is 2.53 bits per heavy atom. The van der Waals surface area contributed by atoms with Gasteiger partial charge in [-0.3, -0.25) is 0 Å². The number of nitrogens with one attached hydrogen (secondary N) is 2. The van der Waals surface area contributed by atoms with E-state index in [9.17, 15) is 8.42 Å². The summed E-state index contributed by atoms with van der Waals surface area (Å²) >= 11 is 0. The summed E-state index contributed by atoms with van der Waals surface area (Å²) in [5, 5.41) is 3.09. The molecule has 1 heterocycles. The van der Waals surface area contributed by atoms with Gasteiger partial charge in [0.05, 0.1) is 0 Å². The smallest absolute Gasteiger partial charge is 0.279 e. The lowest BCUT2D eigenvalue weighted by Crippen LogP contribution is -2.52. The van der Waals surface area contributed by atoms with Gasteiger partial charge in [0.1, 0.15) is 0 Å². The Morgan fingerprint density at radius 2 is 1.95 bits per heavy atom. The first kappa shape index (κ1) is 16.9. The van der Waals surface area contributed by atoms with Gasteiger partial charge in [-0.25, -0.2) is 4.72 Å². The second-order valence-electron chi connectivity index (χ2n) is 5.89. The number of rotatable bonds is 7. The molecule has 0 saturated carbocycles. The van der Waals surface area contributed by atoms with Crippen LogP contribution in [0.2, 0.25) is 0 Å². The summed E-state index contributed by atoms with van der Waals surface area (Å²) in [6, 6.07) is 0.0885. The van der Waals surface area contributed by atoms with Crippen LogP contribution >= 0.6 is 0 Å². The monoisotopic (exact) mass is 291 g/mol. The van der Waals surface area contributed by atoms with Gasteiger partial charge in [-0.05, 0) is 31.7 Å². The van der Waals surface area contributed by atoms with Crippen molar-refractivity contribution in [1.82, 2.24) is 14.3 Å². The zero-order chi connectivity index (χ0) is 14.5. The van der Waals surface area contributed by atoms with E-state index in [1.54, 1.807) is 4.31 Å². The fourth-order valence-electron chi connectivity index (χ4n) is 2.29. The van der Waals surface area contributed by atoms with E-state index in [1.165, 1.54) is 0 Å². The topological polar surface area (TPSA) is 61.4 Å². The van der Waals surface area contributed by atoms with Gasteiger partial charge in [0.25, 0.3) is 10.2 Å². The SMILES string of the molecule is CNCC1CCCCN1S(=O)(=O)NCC(C)C(C)C. The van der Waals surface area contributed by atoms with Crippen molar-refractivity contribution in [1.29, 1.82) is 0 Å². The second kappa shape index (κ2) is 7.57. The van der Waals surface area contributed by atoms with Gasteiger partial charge >= 0.3 is 0 Å². The quantitative estimate of drug-likeness (QED) is 0.740. The van der Waals surface area contributed by atoms with E-state index in [0.717, 1.165) is 25.8 Å². The molecule has 2 N–H and O–H groups in total. The molecule has 0 amide bonds. The third-order valence-electron chi connectivity index (χ3n) is 4.05. The van der Waals surface area contributed by atoms with Crippen LogP contribution < -0.4 is 10.0 Å². The molecule has 0 radical (unpaired) electrons. The zero-order valence-corrected chi connectivity index (χ0v) is 13.5. The number of hydrogen-bond acceptors (Lipinski definition) is 3. The van der Waals surface area contributed by atoms with Crippen LogP contribution in [0.4, 0.5) is 0 Å². The molecular weight excluding hydrogens is 262 g/mol. The summed E-state index contributed by atoms with van der Waals surface area (Å²) in [6.45, 7) is 8.18. The van der Waals surface area contributed by atoms with Crippen molar-refractivity contribution in [2.75, 3.05) is 26.7 Å². The van der Waals surface area contributed by atoms with Crippen molar-refractivity contribution in [2.45, 2.75) is 46.1 Å². The van der Waals surface area contributed by atoms with E-state index in [1.807, 2.05) is 7.05 Å². The van der Waals surface area contributed by atoms with Gasteiger partial charge in [0, 0.05) is 25.7 Å². The minimum atomic E-state index is -3.34. The van der Waals surface area contributed by atoms with Gasteiger partial charge in [-0.2, -0.15) is 12.7 Å². The van der Waals surface area contributed by atoms with Gasteiger partial charge in [0.15, 0.2) is 0 Å². The van der Waals surface area contributed by atoms with Crippen molar-refractivity contribution >= 4 is 10.2 Å². The Kier molecular flexibility index (Phi) is 6.73. The Bertz CT molecular complexity index is 355. The standard InChI is InChI=1S/C13H29N3O2S/c1-11(2)12(3)9-15-19(17,18)16-8-6-5-7-13(16)10-14-4/h11-15H,5-10H2,1-4H3. The average molecular weight is 291 g/mol. The normalized spacial score (nSPS) is 23.7. The minimum absolute atomic E-state index is 0.0885. The molecule has 19 heavy (non-hydrogen) atoms. The van der Waals surface area contributed by atoms with Gasteiger partial charge in [-0.1, -0.05) is 27.2 Å². The lowest BCUT2D eigenvalue weighted by atomic mass is 9.99. The van der Waals surface area contributed by atoms with Crippen LogP contribution in [0.1, 0.15) is 40.0 Å². The minimum Gasteiger partial charge on any atom is -0.318 e. The highest BCUT2D eigenvalue weighted by Gasteiger charge is 2.31. The van der Waals surface area contributed by atoms with Crippen LogP contribution in [-0.4, -0.2) is 45.4 Å². The Balaban J connectivity index is 2.63. The highest BCUT2D eigenvalue weighted by atomic mass is 32.2. The summed E-state index contributed by atoms with van der Waals surface area (Å²) in [4.78, 5) is 0. The maximum Gasteiger partial charge on any atom is 0.279 e. The van der Waals surface area contributed by atoms with E-state index in [2.05, 4.69) is 30.8 Å². The third-order valence-corrected chi connectivity index (χ3v) is 5.68. The van der Waals surface area contributed by atoms with Crippen molar-refractivity contribution in [3.8, 4) is 0 Å². The molecule has 6 heteroatoms. The molecule has 0 aromatic carbocycles. The Hall–Kier alpha value is -0.170. The number of likely N-dealkylation sites (N-methyl/N-ethyl adjacent to an activating group) is 1.